The molecule has 3 heteroatoms. The van der Waals surface area contributed by atoms with Crippen LogP contribution in [0.15, 0.2) is 42.5 Å². The Bertz CT molecular complexity index is 509. The number of allylic oxidation sites excluding steroid dienone is 2. The van der Waals surface area contributed by atoms with Crippen molar-refractivity contribution in [1.82, 2.24) is 0 Å². The summed E-state index contributed by atoms with van der Waals surface area (Å²) in [7, 11) is 0. The Labute approximate surface area is 175 Å². The van der Waals surface area contributed by atoms with Crippen LogP contribution in [0.3, 0.4) is 0 Å². The molecule has 1 aromatic carbocycles. The molecule has 0 bridgehead atoms. The molecule has 0 amide bonds. The van der Waals surface area contributed by atoms with Crippen LogP contribution in [0.5, 0.6) is 0 Å². The Morgan fingerprint density at radius 2 is 1.63 bits per heavy atom. The van der Waals surface area contributed by atoms with E-state index in [1.807, 2.05) is 18.2 Å². The predicted octanol–water partition coefficient (Wildman–Crippen LogP) is 6.33. The number of hydrogen-bond donors (Lipinski definition) is 0. The van der Waals surface area contributed by atoms with Crippen LogP contribution >= 0.6 is 0 Å². The maximum Gasteiger partial charge on any atom is 0.120 e. The Kier molecular flexibility index (Phi) is 13.5. The second-order valence-corrected chi connectivity index (χ2v) is 9.93. The number of aldehydes is 1. The quantitative estimate of drug-likeness (QED) is 0.267. The molecular weight excluding hydrogens is 347 g/mol. The average Bonchev–Trinajstić information content (AvgIpc) is 2.64. The third-order valence-corrected chi connectivity index (χ3v) is 7.38. The van der Waals surface area contributed by atoms with Crippen molar-refractivity contribution in [3.63, 3.8) is 0 Å². The maximum atomic E-state index is 10.6. The fourth-order valence-electron chi connectivity index (χ4n) is 3.21. The minimum absolute atomic E-state index is 0. The van der Waals surface area contributed by atoms with E-state index >= 15 is 0 Å². The molecule has 1 aliphatic carbocycles. The van der Waals surface area contributed by atoms with E-state index in [4.69, 9.17) is 4.74 Å². The van der Waals surface area contributed by atoms with E-state index in [9.17, 15) is 4.79 Å². The molecule has 0 aromatic heterocycles. The summed E-state index contributed by atoms with van der Waals surface area (Å²) in [6.45, 7) is 10.7. The molecule has 0 fully saturated rings. The summed E-state index contributed by atoms with van der Waals surface area (Å²) in [6, 6.07) is 10.2. The third-order valence-electron chi connectivity index (χ3n) is 4.83. The topological polar surface area (TPSA) is 26.3 Å². The average molecular weight is 387 g/mol. The van der Waals surface area contributed by atoms with Crippen molar-refractivity contribution in [2.24, 2.45) is 23.7 Å². The molecule has 0 saturated heterocycles. The van der Waals surface area contributed by atoms with Crippen LogP contribution in [0.2, 0.25) is 10.6 Å². The van der Waals surface area contributed by atoms with Gasteiger partial charge in [0.2, 0.25) is 0 Å². The smallest absolute Gasteiger partial charge is 0.120 e. The Balaban J connectivity index is 0.000000627. The standard InChI is InChI=1S/C16H20O2.2C4H9.Al.H/c17-11-10-15-8-4-5-9-16(15)13-18-12-14-6-2-1-3-7-14;2*1-4(2)3;;/h1-7,11,15-16H,8-10,12-13H2;2*4H,1H2,2-3H3;;/q;;;+1;-1/t15-,16+;;;;/m0..../s1. The second kappa shape index (κ2) is 15.1. The van der Waals surface area contributed by atoms with Crippen molar-refractivity contribution in [2.45, 2.75) is 64.1 Å². The molecule has 0 radical (unpaired) electrons. The van der Waals surface area contributed by atoms with Gasteiger partial charge in [0.1, 0.15) is 6.29 Å². The SMILES string of the molecule is CC(C)[CH2][Al+][CH2]C(C)C.O=CC[C@@H]1CC=CC[C@@H]1COCc1ccccc1.[H-]. The van der Waals surface area contributed by atoms with Gasteiger partial charge in [0.05, 0.1) is 13.2 Å². The molecule has 1 aliphatic rings. The van der Waals surface area contributed by atoms with Gasteiger partial charge in [-0.15, -0.1) is 0 Å². The van der Waals surface area contributed by atoms with Gasteiger partial charge in [0, 0.05) is 6.42 Å². The Morgan fingerprint density at radius 1 is 1.04 bits per heavy atom. The van der Waals surface area contributed by atoms with Gasteiger partial charge in [-0.2, -0.15) is 0 Å². The fraction of sp³-hybridized carbons (Fsp3) is 0.625. The van der Waals surface area contributed by atoms with Crippen LogP contribution in [-0.2, 0) is 16.1 Å². The molecule has 2 nitrogen and oxygen atoms in total. The second-order valence-electron chi connectivity index (χ2n) is 8.41. The molecule has 0 N–H and O–H groups in total. The number of rotatable bonds is 10. The van der Waals surface area contributed by atoms with Crippen molar-refractivity contribution in [2.75, 3.05) is 6.61 Å². The molecule has 150 valence electrons. The van der Waals surface area contributed by atoms with Crippen LogP contribution in [0, 0.1) is 23.7 Å². The van der Waals surface area contributed by atoms with Crippen LogP contribution < -0.4 is 0 Å². The Morgan fingerprint density at radius 3 is 2.19 bits per heavy atom. The number of benzene rings is 1. The zero-order valence-corrected chi connectivity index (χ0v) is 18.9. The summed E-state index contributed by atoms with van der Waals surface area (Å²) in [6.07, 6.45) is 8.13. The summed E-state index contributed by atoms with van der Waals surface area (Å²) >= 11 is 0.755. The maximum absolute atomic E-state index is 10.6. The Hall–Kier alpha value is -0.878. The predicted molar refractivity (Wildman–Crippen MR) is 118 cm³/mol. The van der Waals surface area contributed by atoms with Crippen LogP contribution in [0.25, 0.3) is 0 Å². The zero-order valence-electron chi connectivity index (χ0n) is 18.8. The number of carbonyl (C=O) groups is 1. The monoisotopic (exact) mass is 386 g/mol. The first-order valence-electron chi connectivity index (χ1n) is 10.5. The van der Waals surface area contributed by atoms with E-state index in [0.717, 1.165) is 52.8 Å². The molecule has 27 heavy (non-hydrogen) atoms. The van der Waals surface area contributed by atoms with Gasteiger partial charge < -0.3 is 11.0 Å². The number of hydrogen-bond acceptors (Lipinski definition) is 2. The van der Waals surface area contributed by atoms with Gasteiger partial charge in [-0.25, -0.2) is 0 Å². The summed E-state index contributed by atoms with van der Waals surface area (Å²) in [5.41, 5.74) is 1.20. The van der Waals surface area contributed by atoms with Crippen LogP contribution in [0.1, 0.15) is 53.9 Å². The largest absolute Gasteiger partial charge is 1.00 e. The van der Waals surface area contributed by atoms with Crippen molar-refractivity contribution in [3.05, 3.63) is 48.0 Å². The summed E-state index contributed by atoms with van der Waals surface area (Å²) < 4.78 is 5.79. The minimum Gasteiger partial charge on any atom is -1.00 e. The minimum atomic E-state index is 0. The normalized spacial score (nSPS) is 18.7. The molecular formula is C24H39AlO2. The van der Waals surface area contributed by atoms with Gasteiger partial charge in [-0.3, -0.25) is 0 Å². The van der Waals surface area contributed by atoms with E-state index in [2.05, 4.69) is 52.0 Å². The fourth-order valence-corrected chi connectivity index (χ4v) is 4.73. The van der Waals surface area contributed by atoms with Crippen LogP contribution in [-0.4, -0.2) is 28.1 Å². The molecule has 0 aliphatic heterocycles. The molecule has 2 rings (SSSR count). The zero-order chi connectivity index (χ0) is 19.9. The van der Waals surface area contributed by atoms with Gasteiger partial charge in [-0.05, 0) is 30.2 Å². The molecule has 0 unspecified atom stereocenters. The molecule has 1 aromatic rings. The first-order valence-corrected chi connectivity index (χ1v) is 12.2. The first kappa shape index (κ1) is 24.2. The van der Waals surface area contributed by atoms with Gasteiger partial charge in [0.15, 0.2) is 0 Å². The molecule has 2 atom stereocenters. The van der Waals surface area contributed by atoms with Crippen molar-refractivity contribution in [3.8, 4) is 0 Å². The van der Waals surface area contributed by atoms with E-state index in [-0.39, 0.29) is 1.43 Å². The summed E-state index contributed by atoms with van der Waals surface area (Å²) in [5.74, 6) is 2.81. The van der Waals surface area contributed by atoms with E-state index in [0.29, 0.717) is 24.9 Å². The van der Waals surface area contributed by atoms with E-state index < -0.39 is 0 Å². The number of ether oxygens (including phenoxy) is 1. The van der Waals surface area contributed by atoms with E-state index in [1.54, 1.807) is 0 Å². The van der Waals surface area contributed by atoms with Gasteiger partial charge in [-0.1, -0.05) is 42.5 Å². The van der Waals surface area contributed by atoms with Gasteiger partial charge in [0.25, 0.3) is 0 Å². The van der Waals surface area contributed by atoms with Crippen LogP contribution in [0.4, 0.5) is 0 Å². The number of carbonyl (C=O) groups excluding carboxylic acids is 1. The van der Waals surface area contributed by atoms with E-state index in [1.165, 1.54) is 16.1 Å². The first-order chi connectivity index (χ1) is 13.0. The summed E-state index contributed by atoms with van der Waals surface area (Å²) in [4.78, 5) is 10.6. The van der Waals surface area contributed by atoms with Crippen molar-refractivity contribution < 1.29 is 11.0 Å². The van der Waals surface area contributed by atoms with Gasteiger partial charge >= 0.3 is 65.3 Å². The van der Waals surface area contributed by atoms with Crippen molar-refractivity contribution in [1.29, 1.82) is 0 Å². The van der Waals surface area contributed by atoms with Crippen molar-refractivity contribution >= 4 is 21.5 Å². The summed E-state index contributed by atoms with van der Waals surface area (Å²) in [5, 5.41) is 2.97. The molecule has 0 spiro atoms. The molecule has 0 saturated carbocycles. The third kappa shape index (κ3) is 12.2. The molecule has 0 heterocycles.